The lowest BCUT2D eigenvalue weighted by Gasteiger charge is -2.12. The summed E-state index contributed by atoms with van der Waals surface area (Å²) in [6.07, 6.45) is 2.41. The first-order valence-electron chi connectivity index (χ1n) is 7.71. The normalized spacial score (nSPS) is 11.9. The number of furan rings is 1. The van der Waals surface area contributed by atoms with Crippen molar-refractivity contribution < 1.29 is 13.7 Å². The average Bonchev–Trinajstić information content (AvgIpc) is 3.26. The van der Waals surface area contributed by atoms with Crippen LogP contribution in [0.5, 0.6) is 0 Å². The first kappa shape index (κ1) is 15.8. The van der Waals surface area contributed by atoms with E-state index in [1.165, 1.54) is 0 Å². The van der Waals surface area contributed by atoms with E-state index in [0.29, 0.717) is 23.2 Å². The highest BCUT2D eigenvalue weighted by atomic mass is 16.5. The number of anilines is 1. The van der Waals surface area contributed by atoms with Gasteiger partial charge in [-0.05, 0) is 37.6 Å². The van der Waals surface area contributed by atoms with Gasteiger partial charge in [0.1, 0.15) is 0 Å². The molecular weight excluding hydrogens is 308 g/mol. The van der Waals surface area contributed by atoms with Crippen LogP contribution in [0.2, 0.25) is 0 Å². The molecule has 0 bridgehead atoms. The standard InChI is InChI=1S/C17H18N4O3/c1-3-11(2)18-17(22)19-13-7-4-6-12(10-13)15-20-16(24-21-15)14-8-5-9-23-14/h4-11H,3H2,1-2H3,(H2,18,19,22)/t11-/m1/s1. The molecule has 3 rings (SSSR count). The molecule has 0 saturated carbocycles. The van der Waals surface area contributed by atoms with Gasteiger partial charge in [-0.3, -0.25) is 0 Å². The summed E-state index contributed by atoms with van der Waals surface area (Å²) in [4.78, 5) is 16.2. The summed E-state index contributed by atoms with van der Waals surface area (Å²) in [5, 5.41) is 9.59. The summed E-state index contributed by atoms with van der Waals surface area (Å²) in [5.74, 6) is 1.24. The number of aromatic nitrogens is 2. The Hall–Kier alpha value is -3.09. The second-order valence-electron chi connectivity index (χ2n) is 5.39. The van der Waals surface area contributed by atoms with Gasteiger partial charge < -0.3 is 19.6 Å². The fourth-order valence-electron chi connectivity index (χ4n) is 2.07. The summed E-state index contributed by atoms with van der Waals surface area (Å²) < 4.78 is 10.4. The van der Waals surface area contributed by atoms with E-state index in [0.717, 1.165) is 12.0 Å². The van der Waals surface area contributed by atoms with Crippen molar-refractivity contribution >= 4 is 11.7 Å². The van der Waals surface area contributed by atoms with Crippen molar-refractivity contribution in [2.75, 3.05) is 5.32 Å². The van der Waals surface area contributed by atoms with Crippen molar-refractivity contribution in [1.82, 2.24) is 15.5 Å². The van der Waals surface area contributed by atoms with Gasteiger partial charge in [-0.1, -0.05) is 24.2 Å². The Labute approximate surface area is 139 Å². The topological polar surface area (TPSA) is 93.2 Å². The molecule has 2 heterocycles. The van der Waals surface area contributed by atoms with Gasteiger partial charge in [0.2, 0.25) is 5.82 Å². The van der Waals surface area contributed by atoms with Gasteiger partial charge in [-0.2, -0.15) is 4.98 Å². The summed E-state index contributed by atoms with van der Waals surface area (Å²) in [6, 6.07) is 10.6. The third kappa shape index (κ3) is 3.62. The summed E-state index contributed by atoms with van der Waals surface area (Å²) in [5.41, 5.74) is 1.38. The third-order valence-corrected chi connectivity index (χ3v) is 3.53. The summed E-state index contributed by atoms with van der Waals surface area (Å²) in [6.45, 7) is 3.96. The summed E-state index contributed by atoms with van der Waals surface area (Å²) in [7, 11) is 0. The van der Waals surface area contributed by atoms with Crippen molar-refractivity contribution in [3.63, 3.8) is 0 Å². The van der Waals surface area contributed by atoms with E-state index in [4.69, 9.17) is 8.94 Å². The van der Waals surface area contributed by atoms with E-state index in [-0.39, 0.29) is 12.1 Å². The van der Waals surface area contributed by atoms with Gasteiger partial charge >= 0.3 is 6.03 Å². The maximum atomic E-state index is 11.9. The first-order chi connectivity index (χ1) is 11.7. The van der Waals surface area contributed by atoms with Crippen LogP contribution < -0.4 is 10.6 Å². The van der Waals surface area contributed by atoms with Gasteiger partial charge in [0.25, 0.3) is 5.89 Å². The molecule has 0 aliphatic rings. The Balaban J connectivity index is 1.75. The number of nitrogens with one attached hydrogen (secondary N) is 2. The molecule has 2 aromatic heterocycles. The smallest absolute Gasteiger partial charge is 0.319 e. The second kappa shape index (κ2) is 6.99. The van der Waals surface area contributed by atoms with Crippen molar-refractivity contribution in [2.45, 2.75) is 26.3 Å². The quantitative estimate of drug-likeness (QED) is 0.741. The van der Waals surface area contributed by atoms with E-state index < -0.39 is 0 Å². The zero-order chi connectivity index (χ0) is 16.9. The number of nitrogens with zero attached hydrogens (tertiary/aromatic N) is 2. The zero-order valence-electron chi connectivity index (χ0n) is 13.4. The molecular formula is C17H18N4O3. The molecule has 0 unspecified atom stereocenters. The predicted molar refractivity (Wildman–Crippen MR) is 89.3 cm³/mol. The number of hydrogen-bond acceptors (Lipinski definition) is 5. The zero-order valence-corrected chi connectivity index (χ0v) is 13.4. The van der Waals surface area contributed by atoms with Crippen LogP contribution in [-0.2, 0) is 0 Å². The predicted octanol–water partition coefficient (Wildman–Crippen LogP) is 3.92. The molecule has 0 aliphatic carbocycles. The van der Waals surface area contributed by atoms with Crippen molar-refractivity contribution in [3.05, 3.63) is 42.7 Å². The molecule has 2 amide bonds. The first-order valence-corrected chi connectivity index (χ1v) is 7.71. The van der Waals surface area contributed by atoms with Crippen LogP contribution in [0.25, 0.3) is 23.0 Å². The molecule has 0 radical (unpaired) electrons. The molecule has 2 N–H and O–H groups in total. The molecule has 0 spiro atoms. The molecule has 1 aromatic carbocycles. The SMILES string of the molecule is CC[C@@H](C)NC(=O)Nc1cccc(-c2noc(-c3ccco3)n2)c1. The van der Waals surface area contributed by atoms with Gasteiger partial charge in [0.15, 0.2) is 5.76 Å². The second-order valence-corrected chi connectivity index (χ2v) is 5.39. The lowest BCUT2D eigenvalue weighted by Crippen LogP contribution is -2.35. The third-order valence-electron chi connectivity index (χ3n) is 3.53. The molecule has 124 valence electrons. The van der Waals surface area contributed by atoms with Crippen molar-refractivity contribution in [1.29, 1.82) is 0 Å². The minimum Gasteiger partial charge on any atom is -0.459 e. The van der Waals surface area contributed by atoms with Gasteiger partial charge in [-0.15, -0.1) is 0 Å². The van der Waals surface area contributed by atoms with E-state index in [9.17, 15) is 4.79 Å². The Bertz CT molecular complexity index is 811. The minimum atomic E-state index is -0.245. The molecule has 3 aromatic rings. The van der Waals surface area contributed by atoms with Crippen LogP contribution in [0.15, 0.2) is 51.6 Å². The highest BCUT2D eigenvalue weighted by Crippen LogP contribution is 2.24. The van der Waals surface area contributed by atoms with Gasteiger partial charge in [0, 0.05) is 17.3 Å². The monoisotopic (exact) mass is 326 g/mol. The maximum Gasteiger partial charge on any atom is 0.319 e. The number of carbonyl (C=O) groups excluding carboxylic acids is 1. The van der Waals surface area contributed by atoms with E-state index >= 15 is 0 Å². The summed E-state index contributed by atoms with van der Waals surface area (Å²) >= 11 is 0. The Morgan fingerprint density at radius 2 is 2.17 bits per heavy atom. The van der Waals surface area contributed by atoms with Crippen LogP contribution in [0.1, 0.15) is 20.3 Å². The largest absolute Gasteiger partial charge is 0.459 e. The number of hydrogen-bond donors (Lipinski definition) is 2. The Morgan fingerprint density at radius 3 is 2.92 bits per heavy atom. The number of benzene rings is 1. The van der Waals surface area contributed by atoms with Crippen molar-refractivity contribution in [3.8, 4) is 23.0 Å². The number of carbonyl (C=O) groups is 1. The maximum absolute atomic E-state index is 11.9. The van der Waals surface area contributed by atoms with E-state index in [2.05, 4.69) is 20.8 Å². The molecule has 7 heteroatoms. The molecule has 24 heavy (non-hydrogen) atoms. The fraction of sp³-hybridized carbons (Fsp3) is 0.235. The van der Waals surface area contributed by atoms with Crippen LogP contribution in [0.3, 0.4) is 0 Å². The molecule has 1 atom stereocenters. The van der Waals surface area contributed by atoms with Crippen LogP contribution in [0, 0.1) is 0 Å². The van der Waals surface area contributed by atoms with Gasteiger partial charge in [-0.25, -0.2) is 4.79 Å². The van der Waals surface area contributed by atoms with Crippen LogP contribution in [0.4, 0.5) is 10.5 Å². The lowest BCUT2D eigenvalue weighted by atomic mass is 10.2. The lowest BCUT2D eigenvalue weighted by molar-refractivity contribution is 0.249. The van der Waals surface area contributed by atoms with Crippen LogP contribution >= 0.6 is 0 Å². The number of rotatable bonds is 5. The minimum absolute atomic E-state index is 0.112. The molecule has 0 aliphatic heterocycles. The Kier molecular flexibility index (Phi) is 4.60. The van der Waals surface area contributed by atoms with Crippen LogP contribution in [-0.4, -0.2) is 22.2 Å². The highest BCUT2D eigenvalue weighted by Gasteiger charge is 2.13. The fourth-order valence-corrected chi connectivity index (χ4v) is 2.07. The highest BCUT2D eigenvalue weighted by molar-refractivity contribution is 5.90. The number of amides is 2. The van der Waals surface area contributed by atoms with E-state index in [1.807, 2.05) is 26.0 Å². The molecule has 7 nitrogen and oxygen atoms in total. The van der Waals surface area contributed by atoms with Crippen molar-refractivity contribution in [2.24, 2.45) is 0 Å². The van der Waals surface area contributed by atoms with Gasteiger partial charge in [0.05, 0.1) is 6.26 Å². The number of urea groups is 1. The van der Waals surface area contributed by atoms with E-state index in [1.54, 1.807) is 30.5 Å². The average molecular weight is 326 g/mol. The Morgan fingerprint density at radius 1 is 1.29 bits per heavy atom. The molecule has 0 saturated heterocycles. The molecule has 0 fully saturated rings.